The first-order valence-corrected chi connectivity index (χ1v) is 6.45. The molecule has 1 aromatic rings. The number of rotatable bonds is 6. The Morgan fingerprint density at radius 2 is 2.21 bits per heavy atom. The number of nitrogens with one attached hydrogen (secondary N) is 1. The molecule has 2 rings (SSSR count). The number of hydrogen-bond acceptors (Lipinski definition) is 5. The Balaban J connectivity index is 1.97. The molecule has 0 bridgehead atoms. The van der Waals surface area contributed by atoms with Crippen LogP contribution in [0.15, 0.2) is 0 Å². The Labute approximate surface area is 111 Å². The predicted octanol–water partition coefficient (Wildman–Crippen LogP) is 0.296. The number of carbonyl (C=O) groups is 2. The Kier molecular flexibility index (Phi) is 4.13. The largest absolute Gasteiger partial charge is 0.464 e. The normalized spacial score (nSPS) is 14.2. The van der Waals surface area contributed by atoms with Gasteiger partial charge in [0, 0.05) is 12.5 Å². The molecule has 1 heterocycles. The van der Waals surface area contributed by atoms with Crippen LogP contribution in [-0.2, 0) is 22.5 Å². The summed E-state index contributed by atoms with van der Waals surface area (Å²) >= 11 is 0. The van der Waals surface area contributed by atoms with Crippen LogP contribution in [0.5, 0.6) is 0 Å². The van der Waals surface area contributed by atoms with Crippen molar-refractivity contribution in [2.45, 2.75) is 45.2 Å². The van der Waals surface area contributed by atoms with E-state index in [2.05, 4.69) is 20.4 Å². The number of esters is 1. The van der Waals surface area contributed by atoms with E-state index in [1.165, 1.54) is 7.11 Å². The van der Waals surface area contributed by atoms with Crippen molar-refractivity contribution in [2.24, 2.45) is 0 Å². The lowest BCUT2D eigenvalue weighted by Gasteiger charge is -2.06. The number of ether oxygens (including phenoxy) is 1. The first kappa shape index (κ1) is 13.5. The zero-order valence-corrected chi connectivity index (χ0v) is 11.2. The van der Waals surface area contributed by atoms with Gasteiger partial charge >= 0.3 is 5.97 Å². The second-order valence-corrected chi connectivity index (χ2v) is 4.54. The Morgan fingerprint density at radius 3 is 2.79 bits per heavy atom. The number of hydrogen-bond donors (Lipinski definition) is 1. The van der Waals surface area contributed by atoms with E-state index in [0.717, 1.165) is 12.8 Å². The van der Waals surface area contributed by atoms with Crippen LogP contribution in [0.1, 0.15) is 42.4 Å². The first-order valence-electron chi connectivity index (χ1n) is 6.45. The number of amides is 1. The molecule has 0 radical (unpaired) electrons. The summed E-state index contributed by atoms with van der Waals surface area (Å²) in [6.45, 7) is 2.33. The molecule has 19 heavy (non-hydrogen) atoms. The van der Waals surface area contributed by atoms with Crippen LogP contribution in [0.25, 0.3) is 0 Å². The average Bonchev–Trinajstić information content (AvgIpc) is 3.12. The molecule has 0 aromatic carbocycles. The Morgan fingerprint density at radius 1 is 1.47 bits per heavy atom. The number of aromatic nitrogens is 3. The number of nitrogens with zero attached hydrogens (tertiary/aromatic N) is 3. The van der Waals surface area contributed by atoms with E-state index in [1.54, 1.807) is 4.68 Å². The van der Waals surface area contributed by atoms with Crippen LogP contribution in [0.3, 0.4) is 0 Å². The van der Waals surface area contributed by atoms with E-state index in [9.17, 15) is 9.59 Å². The highest BCUT2D eigenvalue weighted by molar-refractivity contribution is 5.88. The van der Waals surface area contributed by atoms with Crippen LogP contribution < -0.4 is 5.32 Å². The van der Waals surface area contributed by atoms with E-state index in [-0.39, 0.29) is 11.6 Å². The lowest BCUT2D eigenvalue weighted by Crippen LogP contribution is -2.26. The third kappa shape index (κ3) is 3.30. The number of methoxy groups -OCH3 is 1. The highest BCUT2D eigenvalue weighted by Crippen LogP contribution is 2.18. The average molecular weight is 266 g/mol. The molecule has 1 aliphatic rings. The van der Waals surface area contributed by atoms with E-state index in [4.69, 9.17) is 0 Å². The van der Waals surface area contributed by atoms with E-state index in [0.29, 0.717) is 31.1 Å². The van der Waals surface area contributed by atoms with Gasteiger partial charge in [-0.2, -0.15) is 0 Å². The fourth-order valence-electron chi connectivity index (χ4n) is 1.85. The van der Waals surface area contributed by atoms with Gasteiger partial charge in [0.15, 0.2) is 5.69 Å². The lowest BCUT2D eigenvalue weighted by molar-refractivity contribution is -0.121. The summed E-state index contributed by atoms with van der Waals surface area (Å²) in [6.07, 6.45) is 3.10. The molecule has 1 amide bonds. The van der Waals surface area contributed by atoms with Crippen molar-refractivity contribution in [1.82, 2.24) is 20.3 Å². The molecule has 0 saturated heterocycles. The molecule has 1 aromatic heterocycles. The first-order chi connectivity index (χ1) is 9.15. The fourth-order valence-corrected chi connectivity index (χ4v) is 1.85. The molecule has 0 atom stereocenters. The van der Waals surface area contributed by atoms with Gasteiger partial charge in [-0.05, 0) is 19.3 Å². The summed E-state index contributed by atoms with van der Waals surface area (Å²) in [5.74, 6) is -0.481. The van der Waals surface area contributed by atoms with Crippen molar-refractivity contribution in [3.8, 4) is 0 Å². The molecule has 1 N–H and O–H groups in total. The Bertz CT molecular complexity index is 479. The van der Waals surface area contributed by atoms with Crippen molar-refractivity contribution < 1.29 is 14.3 Å². The topological polar surface area (TPSA) is 86.1 Å². The van der Waals surface area contributed by atoms with Crippen LogP contribution in [0, 0.1) is 0 Å². The van der Waals surface area contributed by atoms with Gasteiger partial charge in [0.1, 0.15) is 0 Å². The van der Waals surface area contributed by atoms with Crippen LogP contribution >= 0.6 is 0 Å². The molecule has 1 aliphatic carbocycles. The zero-order valence-electron chi connectivity index (χ0n) is 11.2. The third-order valence-corrected chi connectivity index (χ3v) is 3.04. The summed E-state index contributed by atoms with van der Waals surface area (Å²) in [7, 11) is 1.31. The van der Waals surface area contributed by atoms with Gasteiger partial charge in [-0.3, -0.25) is 4.79 Å². The van der Waals surface area contributed by atoms with Gasteiger partial charge in [-0.25, -0.2) is 9.48 Å². The van der Waals surface area contributed by atoms with E-state index < -0.39 is 5.97 Å². The Hall–Kier alpha value is -1.92. The van der Waals surface area contributed by atoms with Crippen molar-refractivity contribution in [1.29, 1.82) is 0 Å². The maximum atomic E-state index is 11.6. The quantitative estimate of drug-likeness (QED) is 0.748. The molecule has 0 spiro atoms. The van der Waals surface area contributed by atoms with Crippen LogP contribution in [0.4, 0.5) is 0 Å². The van der Waals surface area contributed by atoms with Crippen molar-refractivity contribution in [3.05, 3.63) is 11.4 Å². The minimum atomic E-state index is -0.495. The molecule has 1 saturated carbocycles. The molecule has 0 aliphatic heterocycles. The minimum absolute atomic E-state index is 0.0136. The monoisotopic (exact) mass is 266 g/mol. The zero-order chi connectivity index (χ0) is 13.8. The fraction of sp³-hybridized carbons (Fsp3) is 0.667. The summed E-state index contributed by atoms with van der Waals surface area (Å²) in [5, 5.41) is 10.6. The van der Waals surface area contributed by atoms with Gasteiger partial charge in [0.2, 0.25) is 5.91 Å². The highest BCUT2D eigenvalue weighted by Gasteiger charge is 2.23. The predicted molar refractivity (Wildman–Crippen MR) is 66.5 cm³/mol. The summed E-state index contributed by atoms with van der Waals surface area (Å²) in [4.78, 5) is 23.1. The maximum absolute atomic E-state index is 11.6. The summed E-state index contributed by atoms with van der Waals surface area (Å²) < 4.78 is 6.24. The molecule has 1 fully saturated rings. The van der Waals surface area contributed by atoms with E-state index >= 15 is 0 Å². The molecular weight excluding hydrogens is 248 g/mol. The maximum Gasteiger partial charge on any atom is 0.360 e. The number of aryl methyl sites for hydroxylation is 1. The molecule has 0 unspecified atom stereocenters. The SMILES string of the molecule is CCc1c(C(=O)OC)nnn1CCC(=O)NC1CC1. The van der Waals surface area contributed by atoms with Crippen LogP contribution in [0.2, 0.25) is 0 Å². The van der Waals surface area contributed by atoms with Gasteiger partial charge in [0.25, 0.3) is 0 Å². The van der Waals surface area contributed by atoms with Gasteiger partial charge in [-0.1, -0.05) is 12.1 Å². The highest BCUT2D eigenvalue weighted by atomic mass is 16.5. The molecule has 7 heteroatoms. The van der Waals surface area contributed by atoms with Crippen molar-refractivity contribution in [3.63, 3.8) is 0 Å². The van der Waals surface area contributed by atoms with Crippen LogP contribution in [-0.4, -0.2) is 40.0 Å². The minimum Gasteiger partial charge on any atom is -0.464 e. The molecule has 104 valence electrons. The van der Waals surface area contributed by atoms with E-state index in [1.807, 2.05) is 6.92 Å². The lowest BCUT2D eigenvalue weighted by atomic mass is 10.2. The second kappa shape index (κ2) is 5.81. The van der Waals surface area contributed by atoms with Crippen molar-refractivity contribution >= 4 is 11.9 Å². The standard InChI is InChI=1S/C12H18N4O3/c1-3-9-11(12(18)19-2)14-15-16(9)7-6-10(17)13-8-4-5-8/h8H,3-7H2,1-2H3,(H,13,17). The summed E-state index contributed by atoms with van der Waals surface area (Å²) in [5.41, 5.74) is 0.929. The van der Waals surface area contributed by atoms with Gasteiger partial charge < -0.3 is 10.1 Å². The number of carbonyl (C=O) groups excluding carboxylic acids is 2. The second-order valence-electron chi connectivity index (χ2n) is 4.54. The summed E-state index contributed by atoms with van der Waals surface area (Å²) in [6, 6.07) is 0.361. The third-order valence-electron chi connectivity index (χ3n) is 3.04. The van der Waals surface area contributed by atoms with Crippen molar-refractivity contribution in [2.75, 3.05) is 7.11 Å². The van der Waals surface area contributed by atoms with Gasteiger partial charge in [0.05, 0.1) is 19.3 Å². The smallest absolute Gasteiger partial charge is 0.360 e. The molecule has 7 nitrogen and oxygen atoms in total. The van der Waals surface area contributed by atoms with Gasteiger partial charge in [-0.15, -0.1) is 5.10 Å². The molecular formula is C12H18N4O3.